The fourth-order valence-corrected chi connectivity index (χ4v) is 3.28. The third-order valence-corrected chi connectivity index (χ3v) is 5.41. The van der Waals surface area contributed by atoms with Crippen LogP contribution in [-0.2, 0) is 9.05 Å². The Morgan fingerprint density at radius 1 is 1.29 bits per heavy atom. The van der Waals surface area contributed by atoms with E-state index in [1.54, 1.807) is 0 Å². The van der Waals surface area contributed by atoms with Gasteiger partial charge < -0.3 is 0 Å². The average molecular weight is 235 g/mol. The van der Waals surface area contributed by atoms with Crippen LogP contribution in [0.25, 0.3) is 0 Å². The number of hydrogen-bond acceptors (Lipinski definition) is 2. The fraction of sp³-hybridized carbons (Fsp3) is 0.800. The van der Waals surface area contributed by atoms with Crippen LogP contribution < -0.4 is 0 Å². The Kier molecular flexibility index (Phi) is 3.86. The smallest absolute Gasteiger partial charge is 0.212 e. The van der Waals surface area contributed by atoms with Gasteiger partial charge in [-0.1, -0.05) is 12.8 Å². The quantitative estimate of drug-likeness (QED) is 0.402. The van der Waals surface area contributed by atoms with Crippen molar-refractivity contribution in [3.63, 3.8) is 0 Å². The van der Waals surface area contributed by atoms with E-state index in [0.717, 1.165) is 38.5 Å². The molecule has 14 heavy (non-hydrogen) atoms. The van der Waals surface area contributed by atoms with Crippen molar-refractivity contribution in [2.45, 2.75) is 49.7 Å². The van der Waals surface area contributed by atoms with Crippen molar-refractivity contribution >= 4 is 19.7 Å². The van der Waals surface area contributed by atoms with E-state index in [9.17, 15) is 8.42 Å². The van der Waals surface area contributed by atoms with Crippen LogP contribution in [0, 0.1) is 12.3 Å². The molecule has 0 saturated heterocycles. The van der Waals surface area contributed by atoms with Gasteiger partial charge in [-0.2, -0.15) is 0 Å². The summed E-state index contributed by atoms with van der Waals surface area (Å²) in [7, 11) is 2.02. The predicted molar refractivity (Wildman–Crippen MR) is 58.7 cm³/mol. The van der Waals surface area contributed by atoms with Gasteiger partial charge in [0, 0.05) is 17.1 Å². The highest BCUT2D eigenvalue weighted by molar-refractivity contribution is 8.15. The molecular weight excluding hydrogens is 220 g/mol. The summed E-state index contributed by atoms with van der Waals surface area (Å²) in [5.74, 6) is 2.57. The molecule has 1 saturated carbocycles. The molecule has 0 aliphatic heterocycles. The van der Waals surface area contributed by atoms with Gasteiger partial charge in [0.05, 0.1) is 4.75 Å². The summed E-state index contributed by atoms with van der Waals surface area (Å²) in [5, 5.41) is 0. The van der Waals surface area contributed by atoms with Crippen molar-refractivity contribution in [3.8, 4) is 12.3 Å². The second-order valence-electron chi connectivity index (χ2n) is 3.89. The van der Waals surface area contributed by atoms with Gasteiger partial charge in [0.15, 0.2) is 0 Å². The first-order valence-corrected chi connectivity index (χ1v) is 7.20. The molecule has 0 aromatic heterocycles. The molecule has 0 amide bonds. The Hall–Kier alpha value is -0.200. The third-order valence-electron chi connectivity index (χ3n) is 2.78. The summed E-state index contributed by atoms with van der Waals surface area (Å²) in [5.41, 5.74) is 0. The Bertz CT molecular complexity index is 323. The van der Waals surface area contributed by atoms with Gasteiger partial charge >= 0.3 is 0 Å². The van der Waals surface area contributed by atoms with E-state index in [2.05, 4.69) is 5.92 Å². The summed E-state index contributed by atoms with van der Waals surface area (Å²) >= 11 is 0. The lowest BCUT2D eigenvalue weighted by atomic mass is 10.1. The van der Waals surface area contributed by atoms with Crippen molar-refractivity contribution in [3.05, 3.63) is 0 Å². The van der Waals surface area contributed by atoms with Crippen LogP contribution >= 0.6 is 10.7 Å². The Balaban J connectivity index is 2.23. The molecule has 1 rings (SSSR count). The van der Waals surface area contributed by atoms with Crippen LogP contribution in [0.5, 0.6) is 0 Å². The molecule has 0 N–H and O–H groups in total. The zero-order valence-electron chi connectivity index (χ0n) is 8.13. The van der Waals surface area contributed by atoms with E-state index in [4.69, 9.17) is 17.1 Å². The maximum Gasteiger partial charge on any atom is 0.238 e. The molecule has 4 heteroatoms. The van der Waals surface area contributed by atoms with Crippen LogP contribution in [0.15, 0.2) is 0 Å². The average Bonchev–Trinajstić information content (AvgIpc) is 2.84. The SMILES string of the molecule is C#CCCCCCC1(S(=O)(=O)Cl)CC1. The van der Waals surface area contributed by atoms with E-state index in [1.165, 1.54) is 0 Å². The summed E-state index contributed by atoms with van der Waals surface area (Å²) in [6.07, 6.45) is 10.9. The highest BCUT2D eigenvalue weighted by Crippen LogP contribution is 2.49. The molecule has 80 valence electrons. The lowest BCUT2D eigenvalue weighted by Gasteiger charge is -2.09. The zero-order valence-corrected chi connectivity index (χ0v) is 9.70. The normalized spacial score (nSPS) is 18.9. The molecule has 0 aromatic rings. The lowest BCUT2D eigenvalue weighted by molar-refractivity contribution is 0.564. The molecule has 2 nitrogen and oxygen atoms in total. The molecule has 0 radical (unpaired) electrons. The van der Waals surface area contributed by atoms with Crippen LogP contribution in [0.3, 0.4) is 0 Å². The first-order chi connectivity index (χ1) is 6.52. The van der Waals surface area contributed by atoms with Gasteiger partial charge in [0.2, 0.25) is 9.05 Å². The minimum absolute atomic E-state index is 0.579. The molecule has 0 bridgehead atoms. The third kappa shape index (κ3) is 2.90. The van der Waals surface area contributed by atoms with Gasteiger partial charge in [0.1, 0.15) is 0 Å². The molecule has 1 fully saturated rings. The number of terminal acetylenes is 1. The number of halogens is 1. The van der Waals surface area contributed by atoms with Crippen molar-refractivity contribution in [1.29, 1.82) is 0 Å². The van der Waals surface area contributed by atoms with Crippen LogP contribution in [0.4, 0.5) is 0 Å². The van der Waals surface area contributed by atoms with Gasteiger partial charge in [-0.3, -0.25) is 0 Å². The second kappa shape index (κ2) is 4.55. The van der Waals surface area contributed by atoms with Crippen LogP contribution in [0.2, 0.25) is 0 Å². The molecule has 1 aliphatic rings. The van der Waals surface area contributed by atoms with E-state index in [0.29, 0.717) is 6.42 Å². The molecule has 0 unspecified atom stereocenters. The summed E-state index contributed by atoms with van der Waals surface area (Å²) in [4.78, 5) is 0. The molecule has 0 aromatic carbocycles. The van der Waals surface area contributed by atoms with Crippen LogP contribution in [0.1, 0.15) is 44.9 Å². The Morgan fingerprint density at radius 2 is 1.93 bits per heavy atom. The molecule has 1 aliphatic carbocycles. The highest BCUT2D eigenvalue weighted by atomic mass is 35.7. The number of rotatable bonds is 6. The summed E-state index contributed by atoms with van der Waals surface area (Å²) < 4.78 is 21.8. The summed E-state index contributed by atoms with van der Waals surface area (Å²) in [6.45, 7) is 0. The van der Waals surface area contributed by atoms with Crippen molar-refractivity contribution in [1.82, 2.24) is 0 Å². The largest absolute Gasteiger partial charge is 0.238 e. The van der Waals surface area contributed by atoms with E-state index < -0.39 is 13.8 Å². The van der Waals surface area contributed by atoms with Crippen molar-refractivity contribution in [2.75, 3.05) is 0 Å². The minimum Gasteiger partial charge on any atom is -0.212 e. The highest BCUT2D eigenvalue weighted by Gasteiger charge is 2.52. The molecule has 0 atom stereocenters. The van der Waals surface area contributed by atoms with Crippen molar-refractivity contribution in [2.24, 2.45) is 0 Å². The molecular formula is C10H15ClO2S. The fourth-order valence-electron chi connectivity index (χ4n) is 1.61. The second-order valence-corrected chi connectivity index (χ2v) is 6.85. The van der Waals surface area contributed by atoms with E-state index >= 15 is 0 Å². The maximum absolute atomic E-state index is 11.2. The Labute approximate surface area is 90.4 Å². The lowest BCUT2D eigenvalue weighted by Crippen LogP contribution is -2.17. The predicted octanol–water partition coefficient (Wildman–Crippen LogP) is 2.67. The number of hydrogen-bond donors (Lipinski definition) is 0. The molecule has 0 heterocycles. The summed E-state index contributed by atoms with van der Waals surface area (Å²) in [6, 6.07) is 0. The minimum atomic E-state index is -3.35. The van der Waals surface area contributed by atoms with Crippen molar-refractivity contribution < 1.29 is 8.42 Å². The monoisotopic (exact) mass is 234 g/mol. The van der Waals surface area contributed by atoms with Gasteiger partial charge in [-0.25, -0.2) is 8.42 Å². The Morgan fingerprint density at radius 3 is 2.36 bits per heavy atom. The van der Waals surface area contributed by atoms with E-state index in [-0.39, 0.29) is 0 Å². The van der Waals surface area contributed by atoms with Crippen LogP contribution in [-0.4, -0.2) is 13.2 Å². The standard InChI is InChI=1S/C10H15ClO2S/c1-2-3-4-5-6-7-10(8-9-10)14(11,12)13/h1H,3-9H2. The maximum atomic E-state index is 11.2. The van der Waals surface area contributed by atoms with Gasteiger partial charge in [0.25, 0.3) is 0 Å². The zero-order chi connectivity index (χ0) is 10.7. The topological polar surface area (TPSA) is 34.1 Å². The van der Waals surface area contributed by atoms with Gasteiger partial charge in [-0.15, -0.1) is 12.3 Å². The van der Waals surface area contributed by atoms with Gasteiger partial charge in [-0.05, 0) is 25.7 Å². The first kappa shape index (κ1) is 11.9. The first-order valence-electron chi connectivity index (χ1n) is 4.89. The number of unbranched alkanes of at least 4 members (excludes halogenated alkanes) is 3. The van der Waals surface area contributed by atoms with E-state index in [1.807, 2.05) is 0 Å². The molecule has 0 spiro atoms.